The molecule has 5 rings (SSSR count). The van der Waals surface area contributed by atoms with Crippen LogP contribution in [0.5, 0.6) is 0 Å². The highest BCUT2D eigenvalue weighted by Crippen LogP contribution is 2.39. The van der Waals surface area contributed by atoms with Crippen molar-refractivity contribution in [1.29, 1.82) is 0 Å². The van der Waals surface area contributed by atoms with Gasteiger partial charge in [0.15, 0.2) is 0 Å². The Hall–Kier alpha value is -3.73. The first-order valence-electron chi connectivity index (χ1n) is 11.5. The van der Waals surface area contributed by atoms with Crippen LogP contribution >= 0.6 is 0 Å². The van der Waals surface area contributed by atoms with Crippen LogP contribution in [-0.4, -0.2) is 22.0 Å². The summed E-state index contributed by atoms with van der Waals surface area (Å²) in [5.41, 5.74) is 5.49. The Morgan fingerprint density at radius 2 is 1.70 bits per heavy atom. The smallest absolute Gasteiger partial charge is 0.265 e. The molecular weight excluding hydrogens is 410 g/mol. The second-order valence-electron chi connectivity index (χ2n) is 8.83. The Morgan fingerprint density at radius 3 is 2.48 bits per heavy atom. The number of hydrogen-bond donors (Lipinski definition) is 0. The number of para-hydroxylation sites is 1. The van der Waals surface area contributed by atoms with Crippen molar-refractivity contribution in [3.05, 3.63) is 99.6 Å². The van der Waals surface area contributed by atoms with Gasteiger partial charge in [-0.15, -0.1) is 0 Å². The summed E-state index contributed by atoms with van der Waals surface area (Å²) in [6.07, 6.45) is 1.25. The van der Waals surface area contributed by atoms with E-state index in [-0.39, 0.29) is 17.4 Å². The van der Waals surface area contributed by atoms with E-state index in [1.54, 1.807) is 4.57 Å². The molecule has 33 heavy (non-hydrogen) atoms. The monoisotopic (exact) mass is 437 g/mol. The van der Waals surface area contributed by atoms with E-state index in [0.29, 0.717) is 29.7 Å². The molecule has 5 heteroatoms. The summed E-state index contributed by atoms with van der Waals surface area (Å²) in [5, 5.41) is 0.573. The van der Waals surface area contributed by atoms with Gasteiger partial charge in [-0.25, -0.2) is 4.98 Å². The zero-order valence-electron chi connectivity index (χ0n) is 19.2. The minimum atomic E-state index is -0.365. The number of amides is 1. The minimum absolute atomic E-state index is 0.0793. The van der Waals surface area contributed by atoms with E-state index >= 15 is 0 Å². The van der Waals surface area contributed by atoms with E-state index in [1.807, 2.05) is 79.4 Å². The topological polar surface area (TPSA) is 55.2 Å². The van der Waals surface area contributed by atoms with E-state index in [2.05, 4.69) is 13.0 Å². The van der Waals surface area contributed by atoms with Gasteiger partial charge in [-0.05, 0) is 61.7 Å². The molecule has 1 aromatic heterocycles. The third-order valence-electron chi connectivity index (χ3n) is 6.35. The Balaban J connectivity index is 1.70. The van der Waals surface area contributed by atoms with Gasteiger partial charge in [0.1, 0.15) is 5.82 Å². The molecule has 3 aromatic carbocycles. The molecule has 0 fully saturated rings. The summed E-state index contributed by atoms with van der Waals surface area (Å²) in [6, 6.07) is 21.5. The fraction of sp³-hybridized carbons (Fsp3) is 0.250. The predicted molar refractivity (Wildman–Crippen MR) is 132 cm³/mol. The fourth-order valence-electron chi connectivity index (χ4n) is 4.82. The van der Waals surface area contributed by atoms with E-state index in [0.717, 1.165) is 34.5 Å². The summed E-state index contributed by atoms with van der Waals surface area (Å²) in [6.45, 7) is 6.81. The minimum Gasteiger partial charge on any atom is -0.312 e. The number of nitrogens with zero attached hydrogens (tertiary/aromatic N) is 3. The Bertz CT molecular complexity index is 1440. The van der Waals surface area contributed by atoms with Gasteiger partial charge in [-0.1, -0.05) is 48.9 Å². The molecule has 0 saturated carbocycles. The maximum absolute atomic E-state index is 13.6. The van der Waals surface area contributed by atoms with Gasteiger partial charge in [0.05, 0.1) is 22.5 Å². The number of hydrogen-bond acceptors (Lipinski definition) is 3. The summed E-state index contributed by atoms with van der Waals surface area (Å²) in [7, 11) is 0. The van der Waals surface area contributed by atoms with Gasteiger partial charge in [0.2, 0.25) is 5.91 Å². The first-order chi connectivity index (χ1) is 16.0. The van der Waals surface area contributed by atoms with E-state index in [9.17, 15) is 9.59 Å². The molecule has 1 amide bonds. The van der Waals surface area contributed by atoms with Crippen LogP contribution in [0.4, 0.5) is 5.69 Å². The molecule has 0 spiro atoms. The number of carbonyl (C=O) groups is 1. The molecule has 0 bridgehead atoms. The molecular formula is C28H27N3O2. The lowest BCUT2D eigenvalue weighted by Gasteiger charge is -2.18. The van der Waals surface area contributed by atoms with Crippen LogP contribution in [0.1, 0.15) is 41.8 Å². The molecule has 166 valence electrons. The molecule has 0 N–H and O–H groups in total. The SMILES string of the molecule is CCCN1C(=O)[C@@H](Cc2nc3ccccc3c(=O)n2-c2cccc(C)c2)c2cc(C)ccc21. The molecule has 4 aromatic rings. The second kappa shape index (κ2) is 8.32. The maximum Gasteiger partial charge on any atom is 0.265 e. The van der Waals surface area contributed by atoms with Crippen LogP contribution in [0.2, 0.25) is 0 Å². The molecule has 1 aliphatic rings. The number of aryl methyl sites for hydroxylation is 2. The normalized spacial score (nSPS) is 15.3. The van der Waals surface area contributed by atoms with Crippen LogP contribution in [0.25, 0.3) is 16.6 Å². The molecule has 0 unspecified atom stereocenters. The lowest BCUT2D eigenvalue weighted by atomic mass is 9.95. The van der Waals surface area contributed by atoms with Gasteiger partial charge in [-0.3, -0.25) is 14.2 Å². The Kier molecular flexibility index (Phi) is 5.33. The molecule has 2 heterocycles. The summed E-state index contributed by atoms with van der Waals surface area (Å²) >= 11 is 0. The highest BCUT2D eigenvalue weighted by Gasteiger charge is 2.37. The van der Waals surface area contributed by atoms with Gasteiger partial charge in [-0.2, -0.15) is 0 Å². The van der Waals surface area contributed by atoms with Crippen molar-refractivity contribution in [2.75, 3.05) is 11.4 Å². The summed E-state index contributed by atoms with van der Waals surface area (Å²) < 4.78 is 1.68. The van der Waals surface area contributed by atoms with Crippen molar-refractivity contribution in [2.24, 2.45) is 0 Å². The number of carbonyl (C=O) groups excluding carboxylic acids is 1. The number of fused-ring (bicyclic) bond motifs is 2. The standard InChI is InChI=1S/C28H27N3O2/c1-4-14-30-25-13-12-19(3)16-22(25)23(27(30)32)17-26-29-24-11-6-5-10-21(24)28(33)31(26)20-9-7-8-18(2)15-20/h5-13,15-16,23H,4,14,17H2,1-3H3/t23-/m0/s1. The van der Waals surface area contributed by atoms with Crippen LogP contribution in [0, 0.1) is 13.8 Å². The first-order valence-corrected chi connectivity index (χ1v) is 11.5. The molecule has 0 aliphatic carbocycles. The zero-order chi connectivity index (χ0) is 23.1. The van der Waals surface area contributed by atoms with E-state index < -0.39 is 0 Å². The molecule has 1 aliphatic heterocycles. The molecule has 1 atom stereocenters. The average Bonchev–Trinajstić information content (AvgIpc) is 3.05. The van der Waals surface area contributed by atoms with Crippen molar-refractivity contribution in [3.63, 3.8) is 0 Å². The summed E-state index contributed by atoms with van der Waals surface area (Å²) in [4.78, 5) is 33.9. The lowest BCUT2D eigenvalue weighted by Crippen LogP contribution is -2.31. The van der Waals surface area contributed by atoms with Crippen LogP contribution < -0.4 is 10.5 Å². The van der Waals surface area contributed by atoms with E-state index in [1.165, 1.54) is 0 Å². The number of rotatable bonds is 5. The maximum atomic E-state index is 13.6. The van der Waals surface area contributed by atoms with Crippen molar-refractivity contribution in [3.8, 4) is 5.69 Å². The van der Waals surface area contributed by atoms with Crippen LogP contribution in [0.15, 0.2) is 71.5 Å². The highest BCUT2D eigenvalue weighted by molar-refractivity contribution is 6.05. The summed E-state index contributed by atoms with van der Waals surface area (Å²) in [5.74, 6) is 0.319. The van der Waals surface area contributed by atoms with Crippen LogP contribution in [0.3, 0.4) is 0 Å². The second-order valence-corrected chi connectivity index (χ2v) is 8.83. The number of aromatic nitrogens is 2. The van der Waals surface area contributed by atoms with Crippen molar-refractivity contribution < 1.29 is 4.79 Å². The highest BCUT2D eigenvalue weighted by atomic mass is 16.2. The quantitative estimate of drug-likeness (QED) is 0.437. The Morgan fingerprint density at radius 1 is 0.909 bits per heavy atom. The molecule has 0 radical (unpaired) electrons. The number of anilines is 1. The van der Waals surface area contributed by atoms with Gasteiger partial charge < -0.3 is 4.90 Å². The number of benzene rings is 3. The molecule has 0 saturated heterocycles. The van der Waals surface area contributed by atoms with E-state index in [4.69, 9.17) is 4.98 Å². The average molecular weight is 438 g/mol. The van der Waals surface area contributed by atoms with Crippen LogP contribution in [-0.2, 0) is 11.2 Å². The van der Waals surface area contributed by atoms with Gasteiger partial charge in [0, 0.05) is 18.7 Å². The predicted octanol–water partition coefficient (Wildman–Crippen LogP) is 5.09. The third kappa shape index (κ3) is 3.63. The van der Waals surface area contributed by atoms with Gasteiger partial charge in [0.25, 0.3) is 5.56 Å². The van der Waals surface area contributed by atoms with Crippen molar-refractivity contribution >= 4 is 22.5 Å². The van der Waals surface area contributed by atoms with Crippen molar-refractivity contribution in [1.82, 2.24) is 9.55 Å². The largest absolute Gasteiger partial charge is 0.312 e. The fourth-order valence-corrected chi connectivity index (χ4v) is 4.82. The lowest BCUT2D eigenvalue weighted by molar-refractivity contribution is -0.119. The zero-order valence-corrected chi connectivity index (χ0v) is 19.2. The first kappa shape index (κ1) is 21.1. The van der Waals surface area contributed by atoms with Crippen molar-refractivity contribution in [2.45, 2.75) is 39.5 Å². The molecule has 5 nitrogen and oxygen atoms in total. The Labute approximate surface area is 193 Å². The third-order valence-corrected chi connectivity index (χ3v) is 6.35. The van der Waals surface area contributed by atoms with Gasteiger partial charge >= 0.3 is 0 Å².